The van der Waals surface area contributed by atoms with E-state index in [-0.39, 0.29) is 18.3 Å². The topological polar surface area (TPSA) is 50.1 Å². The molecule has 0 radical (unpaired) electrons. The minimum absolute atomic E-state index is 0.0776. The molecular formula is C30H23NO2. The number of allylic oxidation sites excluding steroid dienone is 1. The van der Waals surface area contributed by atoms with Crippen LogP contribution < -0.4 is 4.74 Å². The molecule has 3 heteroatoms. The lowest BCUT2D eigenvalue weighted by atomic mass is 9.88. The lowest BCUT2D eigenvalue weighted by Crippen LogP contribution is -2.14. The maximum Gasteiger partial charge on any atom is 0.312 e. The summed E-state index contributed by atoms with van der Waals surface area (Å²) in [7, 11) is 0. The molecule has 0 unspecified atom stereocenters. The van der Waals surface area contributed by atoms with Crippen molar-refractivity contribution in [1.29, 1.82) is 5.26 Å². The number of ether oxygens (including phenoxy) is 1. The van der Waals surface area contributed by atoms with Gasteiger partial charge in [0.05, 0.1) is 18.1 Å². The Morgan fingerprint density at radius 3 is 1.79 bits per heavy atom. The van der Waals surface area contributed by atoms with E-state index in [0.29, 0.717) is 11.3 Å². The SMILES string of the molecule is N#C/C(=C/c1ccc(OC(=O)CC(c2ccccc2)c2ccccc2)cc1)c1ccccc1. The highest BCUT2D eigenvalue weighted by Gasteiger charge is 2.19. The average Bonchev–Trinajstić information content (AvgIpc) is 2.88. The van der Waals surface area contributed by atoms with Crippen molar-refractivity contribution in [2.75, 3.05) is 0 Å². The highest BCUT2D eigenvalue weighted by Crippen LogP contribution is 2.29. The van der Waals surface area contributed by atoms with E-state index in [4.69, 9.17) is 4.74 Å². The van der Waals surface area contributed by atoms with Crippen molar-refractivity contribution in [3.63, 3.8) is 0 Å². The second kappa shape index (κ2) is 10.7. The van der Waals surface area contributed by atoms with Gasteiger partial charge < -0.3 is 4.74 Å². The summed E-state index contributed by atoms with van der Waals surface area (Å²) in [5.41, 5.74) is 4.45. The van der Waals surface area contributed by atoms with E-state index in [1.54, 1.807) is 12.1 Å². The molecule has 0 spiro atoms. The van der Waals surface area contributed by atoms with Gasteiger partial charge in [0.15, 0.2) is 0 Å². The number of hydrogen-bond acceptors (Lipinski definition) is 3. The number of benzene rings is 4. The van der Waals surface area contributed by atoms with Crippen LogP contribution in [0, 0.1) is 11.3 Å². The molecule has 0 amide bonds. The van der Waals surface area contributed by atoms with Gasteiger partial charge in [-0.15, -0.1) is 0 Å². The van der Waals surface area contributed by atoms with E-state index in [0.717, 1.165) is 22.3 Å². The molecule has 3 nitrogen and oxygen atoms in total. The van der Waals surface area contributed by atoms with Gasteiger partial charge in [-0.3, -0.25) is 4.79 Å². The van der Waals surface area contributed by atoms with E-state index in [2.05, 4.69) is 6.07 Å². The standard InChI is InChI=1S/C30H23NO2/c31-22-27(24-10-4-1-5-11-24)20-23-16-18-28(19-17-23)33-30(32)21-29(25-12-6-2-7-13-25)26-14-8-3-9-15-26/h1-20,29H,21H2/b27-20-. The number of carbonyl (C=O) groups excluding carboxylic acids is 1. The third-order valence-corrected chi connectivity index (χ3v) is 5.40. The van der Waals surface area contributed by atoms with Crippen molar-refractivity contribution in [2.24, 2.45) is 0 Å². The Balaban J connectivity index is 1.47. The summed E-state index contributed by atoms with van der Waals surface area (Å²) in [4.78, 5) is 12.8. The predicted molar refractivity (Wildman–Crippen MR) is 131 cm³/mol. The average molecular weight is 430 g/mol. The second-order valence-electron chi connectivity index (χ2n) is 7.66. The molecule has 0 N–H and O–H groups in total. The van der Waals surface area contributed by atoms with Crippen LogP contribution in [0.5, 0.6) is 5.75 Å². The first-order valence-electron chi connectivity index (χ1n) is 10.8. The normalized spacial score (nSPS) is 11.1. The fourth-order valence-corrected chi connectivity index (χ4v) is 3.74. The number of hydrogen-bond donors (Lipinski definition) is 0. The van der Waals surface area contributed by atoms with Crippen molar-refractivity contribution in [3.05, 3.63) is 138 Å². The van der Waals surface area contributed by atoms with Crippen molar-refractivity contribution in [3.8, 4) is 11.8 Å². The Morgan fingerprint density at radius 2 is 1.27 bits per heavy atom. The number of nitriles is 1. The summed E-state index contributed by atoms with van der Waals surface area (Å²) < 4.78 is 5.63. The fraction of sp³-hybridized carbons (Fsp3) is 0.0667. The molecule has 160 valence electrons. The van der Waals surface area contributed by atoms with Gasteiger partial charge in [0.1, 0.15) is 5.75 Å². The summed E-state index contributed by atoms with van der Waals surface area (Å²) >= 11 is 0. The van der Waals surface area contributed by atoms with E-state index < -0.39 is 0 Å². The van der Waals surface area contributed by atoms with Crippen LogP contribution in [0.15, 0.2) is 115 Å². The highest BCUT2D eigenvalue weighted by atomic mass is 16.5. The molecule has 4 aromatic carbocycles. The van der Waals surface area contributed by atoms with Crippen LogP contribution in [0.25, 0.3) is 11.6 Å². The summed E-state index contributed by atoms with van der Waals surface area (Å²) in [5.74, 6) is 0.111. The van der Waals surface area contributed by atoms with Crippen LogP contribution in [0.2, 0.25) is 0 Å². The third kappa shape index (κ3) is 5.84. The Morgan fingerprint density at radius 1 is 0.758 bits per heavy atom. The zero-order chi connectivity index (χ0) is 22.9. The molecule has 0 aliphatic heterocycles. The molecule has 0 saturated carbocycles. The van der Waals surface area contributed by atoms with Gasteiger partial charge in [0.2, 0.25) is 0 Å². The van der Waals surface area contributed by atoms with Gasteiger partial charge in [0, 0.05) is 5.92 Å². The molecule has 4 aromatic rings. The molecule has 0 aromatic heterocycles. The zero-order valence-electron chi connectivity index (χ0n) is 18.1. The minimum atomic E-state index is -0.294. The Bertz CT molecular complexity index is 1220. The number of carbonyl (C=O) groups is 1. The molecule has 0 aliphatic carbocycles. The maximum atomic E-state index is 12.8. The lowest BCUT2D eigenvalue weighted by molar-refractivity contribution is -0.134. The summed E-state index contributed by atoms with van der Waals surface area (Å²) in [6.07, 6.45) is 2.06. The van der Waals surface area contributed by atoms with E-state index >= 15 is 0 Å². The first-order chi connectivity index (χ1) is 16.2. The Labute approximate surface area is 194 Å². The minimum Gasteiger partial charge on any atom is -0.427 e. The Hall–Kier alpha value is -4.42. The molecular weight excluding hydrogens is 406 g/mol. The number of rotatable bonds is 7. The van der Waals surface area contributed by atoms with Gasteiger partial charge in [-0.05, 0) is 40.5 Å². The number of nitrogens with zero attached hydrogens (tertiary/aromatic N) is 1. The summed E-state index contributed by atoms with van der Waals surface area (Å²) in [5, 5.41) is 9.50. The van der Waals surface area contributed by atoms with Gasteiger partial charge in [-0.2, -0.15) is 5.26 Å². The molecule has 0 heterocycles. The van der Waals surface area contributed by atoms with Crippen LogP contribution in [0.1, 0.15) is 34.6 Å². The highest BCUT2D eigenvalue weighted by molar-refractivity contribution is 5.89. The van der Waals surface area contributed by atoms with Crippen LogP contribution in [0.3, 0.4) is 0 Å². The van der Waals surface area contributed by atoms with Crippen LogP contribution in [-0.4, -0.2) is 5.97 Å². The fourth-order valence-electron chi connectivity index (χ4n) is 3.74. The first kappa shape index (κ1) is 21.8. The van der Waals surface area contributed by atoms with Crippen molar-refractivity contribution >= 4 is 17.6 Å². The van der Waals surface area contributed by atoms with Crippen molar-refractivity contribution in [1.82, 2.24) is 0 Å². The maximum absolute atomic E-state index is 12.8. The van der Waals surface area contributed by atoms with Crippen LogP contribution in [0.4, 0.5) is 0 Å². The zero-order valence-corrected chi connectivity index (χ0v) is 18.1. The molecule has 0 atom stereocenters. The smallest absolute Gasteiger partial charge is 0.312 e. The molecule has 0 bridgehead atoms. The number of esters is 1. The molecule has 33 heavy (non-hydrogen) atoms. The van der Waals surface area contributed by atoms with Gasteiger partial charge >= 0.3 is 5.97 Å². The molecule has 0 aliphatic rings. The molecule has 0 saturated heterocycles. The Kier molecular flexibility index (Phi) is 7.10. The van der Waals surface area contributed by atoms with E-state index in [1.165, 1.54) is 0 Å². The summed E-state index contributed by atoms with van der Waals surface area (Å²) in [6.45, 7) is 0. The quantitative estimate of drug-likeness (QED) is 0.139. The second-order valence-corrected chi connectivity index (χ2v) is 7.66. The van der Waals surface area contributed by atoms with Gasteiger partial charge in [-0.1, -0.05) is 103 Å². The van der Waals surface area contributed by atoms with E-state index in [1.807, 2.05) is 109 Å². The lowest BCUT2D eigenvalue weighted by Gasteiger charge is -2.17. The van der Waals surface area contributed by atoms with Gasteiger partial charge in [0.25, 0.3) is 0 Å². The predicted octanol–water partition coefficient (Wildman–Crippen LogP) is 6.88. The van der Waals surface area contributed by atoms with Crippen molar-refractivity contribution in [2.45, 2.75) is 12.3 Å². The summed E-state index contributed by atoms with van der Waals surface area (Å²) in [6, 6.07) is 39.0. The van der Waals surface area contributed by atoms with Crippen molar-refractivity contribution < 1.29 is 9.53 Å². The monoisotopic (exact) mass is 429 g/mol. The van der Waals surface area contributed by atoms with Crippen LogP contribution in [-0.2, 0) is 4.79 Å². The third-order valence-electron chi connectivity index (χ3n) is 5.40. The van der Waals surface area contributed by atoms with Crippen LogP contribution >= 0.6 is 0 Å². The molecule has 4 rings (SSSR count). The largest absolute Gasteiger partial charge is 0.427 e. The first-order valence-corrected chi connectivity index (χ1v) is 10.8. The molecule has 0 fully saturated rings. The van der Waals surface area contributed by atoms with E-state index in [9.17, 15) is 10.1 Å². The van der Waals surface area contributed by atoms with Gasteiger partial charge in [-0.25, -0.2) is 0 Å².